The summed E-state index contributed by atoms with van der Waals surface area (Å²) >= 11 is 0. The van der Waals surface area contributed by atoms with Crippen LogP contribution in [0.3, 0.4) is 0 Å². The molecule has 0 aromatic heterocycles. The molecular weight excluding hydrogens is 214 g/mol. The van der Waals surface area contributed by atoms with E-state index in [0.717, 1.165) is 5.56 Å². The summed E-state index contributed by atoms with van der Waals surface area (Å²) < 4.78 is 5.39. The van der Waals surface area contributed by atoms with E-state index >= 15 is 0 Å². The molecule has 1 aromatic rings. The van der Waals surface area contributed by atoms with Gasteiger partial charge in [-0.3, -0.25) is 4.79 Å². The standard InChI is InChI=1S/C14H19NO2/c1-14(2,3)17-11-15-13(16)10-9-12-7-5-4-6-8-12/h4-10H,11H2,1-3H3,(H,15,16). The SMILES string of the molecule is CC(C)(C)OCNC(=O)C=Cc1ccccc1. The number of hydrogen-bond donors (Lipinski definition) is 1. The summed E-state index contributed by atoms with van der Waals surface area (Å²) in [6, 6.07) is 9.68. The normalized spacial score (nSPS) is 11.7. The quantitative estimate of drug-likeness (QED) is 0.641. The van der Waals surface area contributed by atoms with Crippen LogP contribution in [0.4, 0.5) is 0 Å². The van der Waals surface area contributed by atoms with Crippen LogP contribution in [0, 0.1) is 0 Å². The van der Waals surface area contributed by atoms with Gasteiger partial charge in [-0.15, -0.1) is 0 Å². The van der Waals surface area contributed by atoms with E-state index in [1.54, 1.807) is 6.08 Å². The summed E-state index contributed by atoms with van der Waals surface area (Å²) in [6.45, 7) is 6.05. The lowest BCUT2D eigenvalue weighted by molar-refractivity contribution is -0.119. The van der Waals surface area contributed by atoms with Gasteiger partial charge in [0.15, 0.2) is 0 Å². The molecular formula is C14H19NO2. The zero-order valence-corrected chi connectivity index (χ0v) is 10.6. The lowest BCUT2D eigenvalue weighted by Crippen LogP contribution is -2.30. The van der Waals surface area contributed by atoms with Gasteiger partial charge in [-0.05, 0) is 32.4 Å². The van der Waals surface area contributed by atoms with E-state index in [9.17, 15) is 4.79 Å². The van der Waals surface area contributed by atoms with Crippen molar-refractivity contribution in [3.05, 3.63) is 42.0 Å². The molecule has 0 aliphatic heterocycles. The molecule has 3 nitrogen and oxygen atoms in total. The van der Waals surface area contributed by atoms with Crippen LogP contribution in [0.2, 0.25) is 0 Å². The number of amides is 1. The zero-order valence-electron chi connectivity index (χ0n) is 10.6. The van der Waals surface area contributed by atoms with Gasteiger partial charge in [0.2, 0.25) is 5.91 Å². The Labute approximate surface area is 102 Å². The first kappa shape index (κ1) is 13.5. The summed E-state index contributed by atoms with van der Waals surface area (Å²) in [5, 5.41) is 2.66. The van der Waals surface area contributed by atoms with Crippen LogP contribution in [0.15, 0.2) is 36.4 Å². The molecule has 0 radical (unpaired) electrons. The Morgan fingerprint density at radius 3 is 2.53 bits per heavy atom. The molecule has 1 aromatic carbocycles. The lowest BCUT2D eigenvalue weighted by Gasteiger charge is -2.19. The van der Waals surface area contributed by atoms with Gasteiger partial charge < -0.3 is 10.1 Å². The van der Waals surface area contributed by atoms with Crippen LogP contribution in [0.1, 0.15) is 26.3 Å². The molecule has 0 saturated heterocycles. The van der Waals surface area contributed by atoms with E-state index in [4.69, 9.17) is 4.74 Å². The van der Waals surface area contributed by atoms with Crippen molar-refractivity contribution in [2.45, 2.75) is 26.4 Å². The first-order chi connectivity index (χ1) is 7.97. The molecule has 3 heteroatoms. The van der Waals surface area contributed by atoms with Gasteiger partial charge in [0.05, 0.1) is 5.60 Å². The fraction of sp³-hybridized carbons (Fsp3) is 0.357. The molecule has 0 saturated carbocycles. The first-order valence-electron chi connectivity index (χ1n) is 5.62. The molecule has 1 amide bonds. The molecule has 0 spiro atoms. The van der Waals surface area contributed by atoms with Gasteiger partial charge in [-0.1, -0.05) is 30.3 Å². The minimum Gasteiger partial charge on any atom is -0.356 e. The highest BCUT2D eigenvalue weighted by Crippen LogP contribution is 2.04. The predicted molar refractivity (Wildman–Crippen MR) is 69.3 cm³/mol. The molecule has 0 atom stereocenters. The maximum absolute atomic E-state index is 11.4. The third-order valence-electron chi connectivity index (χ3n) is 1.98. The molecule has 0 bridgehead atoms. The van der Waals surface area contributed by atoms with Crippen molar-refractivity contribution in [1.29, 1.82) is 0 Å². The van der Waals surface area contributed by atoms with E-state index in [-0.39, 0.29) is 18.2 Å². The van der Waals surface area contributed by atoms with Crippen molar-refractivity contribution < 1.29 is 9.53 Å². The Hall–Kier alpha value is -1.61. The third kappa shape index (κ3) is 6.53. The summed E-state index contributed by atoms with van der Waals surface area (Å²) in [6.07, 6.45) is 3.27. The average molecular weight is 233 g/mol. The number of ether oxygens (including phenoxy) is 1. The molecule has 0 aliphatic rings. The molecule has 0 aliphatic carbocycles. The average Bonchev–Trinajstić information content (AvgIpc) is 2.26. The van der Waals surface area contributed by atoms with E-state index in [2.05, 4.69) is 5.32 Å². The Bertz CT molecular complexity index is 377. The fourth-order valence-electron chi connectivity index (χ4n) is 1.12. The summed E-state index contributed by atoms with van der Waals surface area (Å²) in [4.78, 5) is 11.4. The lowest BCUT2D eigenvalue weighted by atomic mass is 10.2. The smallest absolute Gasteiger partial charge is 0.245 e. The maximum atomic E-state index is 11.4. The molecule has 92 valence electrons. The second kappa shape index (κ2) is 6.21. The Morgan fingerprint density at radius 2 is 1.94 bits per heavy atom. The monoisotopic (exact) mass is 233 g/mol. The van der Waals surface area contributed by atoms with Crippen molar-refractivity contribution >= 4 is 12.0 Å². The van der Waals surface area contributed by atoms with Crippen LogP contribution in [0.5, 0.6) is 0 Å². The Balaban J connectivity index is 2.33. The van der Waals surface area contributed by atoms with Crippen molar-refractivity contribution in [1.82, 2.24) is 5.32 Å². The summed E-state index contributed by atoms with van der Waals surface area (Å²) in [5.74, 6) is -0.155. The molecule has 0 unspecified atom stereocenters. The number of hydrogen-bond acceptors (Lipinski definition) is 2. The second-order valence-electron chi connectivity index (χ2n) is 4.69. The van der Waals surface area contributed by atoms with Crippen LogP contribution in [0.25, 0.3) is 6.08 Å². The highest BCUT2D eigenvalue weighted by Gasteiger charge is 2.09. The van der Waals surface area contributed by atoms with E-state index in [0.29, 0.717) is 0 Å². The van der Waals surface area contributed by atoms with Gasteiger partial charge in [-0.25, -0.2) is 0 Å². The van der Waals surface area contributed by atoms with Crippen molar-refractivity contribution in [2.75, 3.05) is 6.73 Å². The van der Waals surface area contributed by atoms with E-state index < -0.39 is 0 Å². The number of rotatable bonds is 4. The number of carbonyl (C=O) groups is 1. The first-order valence-corrected chi connectivity index (χ1v) is 5.62. The van der Waals surface area contributed by atoms with E-state index in [1.807, 2.05) is 51.1 Å². The van der Waals surface area contributed by atoms with Gasteiger partial charge in [0.25, 0.3) is 0 Å². The Morgan fingerprint density at radius 1 is 1.29 bits per heavy atom. The van der Waals surface area contributed by atoms with Crippen molar-refractivity contribution in [2.24, 2.45) is 0 Å². The van der Waals surface area contributed by atoms with Gasteiger partial charge in [-0.2, -0.15) is 0 Å². The van der Waals surface area contributed by atoms with Gasteiger partial charge >= 0.3 is 0 Å². The number of benzene rings is 1. The highest BCUT2D eigenvalue weighted by atomic mass is 16.5. The maximum Gasteiger partial charge on any atom is 0.245 e. The van der Waals surface area contributed by atoms with Gasteiger partial charge in [0, 0.05) is 6.08 Å². The Kier molecular flexibility index (Phi) is 4.91. The van der Waals surface area contributed by atoms with Crippen molar-refractivity contribution in [3.63, 3.8) is 0 Å². The summed E-state index contributed by atoms with van der Waals surface area (Å²) in [7, 11) is 0. The molecule has 1 N–H and O–H groups in total. The zero-order chi connectivity index (χ0) is 12.7. The van der Waals surface area contributed by atoms with Crippen molar-refractivity contribution in [3.8, 4) is 0 Å². The number of nitrogens with one attached hydrogen (secondary N) is 1. The molecule has 0 heterocycles. The molecule has 17 heavy (non-hydrogen) atoms. The third-order valence-corrected chi connectivity index (χ3v) is 1.98. The van der Waals surface area contributed by atoms with Gasteiger partial charge in [0.1, 0.15) is 6.73 Å². The highest BCUT2D eigenvalue weighted by molar-refractivity contribution is 5.91. The fourth-order valence-corrected chi connectivity index (χ4v) is 1.12. The largest absolute Gasteiger partial charge is 0.356 e. The van der Waals surface area contributed by atoms with Crippen LogP contribution < -0.4 is 5.32 Å². The number of carbonyl (C=O) groups excluding carboxylic acids is 1. The second-order valence-corrected chi connectivity index (χ2v) is 4.69. The van der Waals surface area contributed by atoms with Crippen LogP contribution in [-0.2, 0) is 9.53 Å². The van der Waals surface area contributed by atoms with Crippen LogP contribution in [-0.4, -0.2) is 18.2 Å². The predicted octanol–water partition coefficient (Wildman–Crippen LogP) is 2.59. The molecule has 1 rings (SSSR count). The minimum atomic E-state index is -0.240. The molecule has 0 fully saturated rings. The topological polar surface area (TPSA) is 38.3 Å². The summed E-state index contributed by atoms with van der Waals surface area (Å²) in [5.41, 5.74) is 0.760. The minimum absolute atomic E-state index is 0.155. The van der Waals surface area contributed by atoms with E-state index in [1.165, 1.54) is 6.08 Å². The van der Waals surface area contributed by atoms with Crippen LogP contribution >= 0.6 is 0 Å².